The Kier molecular flexibility index (Phi) is 8.83. The summed E-state index contributed by atoms with van der Waals surface area (Å²) >= 11 is 0. The van der Waals surface area contributed by atoms with E-state index in [1.54, 1.807) is 24.3 Å². The minimum absolute atomic E-state index is 0.0576. The zero-order valence-corrected chi connectivity index (χ0v) is 27.3. The zero-order valence-electron chi connectivity index (χ0n) is 27.3. The van der Waals surface area contributed by atoms with E-state index in [1.807, 2.05) is 0 Å². The molecule has 0 saturated carbocycles. The van der Waals surface area contributed by atoms with Gasteiger partial charge in [-0.15, -0.1) is 0 Å². The lowest BCUT2D eigenvalue weighted by molar-refractivity contribution is -0.142. The second-order valence-corrected chi connectivity index (χ2v) is 13.0. The molecule has 5 aromatic rings. The predicted molar refractivity (Wildman–Crippen MR) is 172 cm³/mol. The van der Waals surface area contributed by atoms with Crippen LogP contribution in [0.4, 0.5) is 36.6 Å². The first kappa shape index (κ1) is 35.4. The summed E-state index contributed by atoms with van der Waals surface area (Å²) in [4.78, 5) is 18.4. The smallest absolute Gasteiger partial charge is 0.382 e. The van der Waals surface area contributed by atoms with Crippen LogP contribution in [0.3, 0.4) is 0 Å². The number of hydrogen-bond donors (Lipinski definition) is 4. The van der Waals surface area contributed by atoms with Gasteiger partial charge in [0.2, 0.25) is 5.91 Å². The van der Waals surface area contributed by atoms with Crippen LogP contribution >= 0.6 is 0 Å². The van der Waals surface area contributed by atoms with Gasteiger partial charge in [0, 0.05) is 34.6 Å². The van der Waals surface area contributed by atoms with Gasteiger partial charge in [-0.3, -0.25) is 14.6 Å². The van der Waals surface area contributed by atoms with Crippen molar-refractivity contribution in [3.63, 3.8) is 0 Å². The number of hydrogen-bond acceptors (Lipinski definition) is 6. The van der Waals surface area contributed by atoms with Crippen LogP contribution in [0.25, 0.3) is 22.0 Å². The van der Waals surface area contributed by atoms with E-state index in [-0.39, 0.29) is 29.2 Å². The minimum atomic E-state index is -5.06. The summed E-state index contributed by atoms with van der Waals surface area (Å²) in [6.45, 7) is 3.07. The number of nitrogens with one attached hydrogen (secondary N) is 2. The molecule has 0 saturated heterocycles. The molecule has 51 heavy (non-hydrogen) atoms. The van der Waals surface area contributed by atoms with Crippen molar-refractivity contribution in [2.75, 3.05) is 5.73 Å². The van der Waals surface area contributed by atoms with Crippen molar-refractivity contribution in [2.45, 2.75) is 69.8 Å². The highest BCUT2D eigenvalue weighted by Gasteiger charge is 2.53. The van der Waals surface area contributed by atoms with Crippen molar-refractivity contribution in [3.8, 4) is 23.0 Å². The van der Waals surface area contributed by atoms with Crippen molar-refractivity contribution in [1.29, 1.82) is 0 Å². The van der Waals surface area contributed by atoms with Gasteiger partial charge in [-0.2, -0.15) is 32.1 Å². The number of nitrogens with zero attached hydrogens (tertiary/aromatic N) is 4. The SMILES string of the molecule is C[C@H]1CC(F)(F)c2c1c(C(F)(F)F)nn2CC(=O)N[C@@H](Cc1cc(F)cc(F)c1)c1nc(C#CC(C)(C)O)ccc1-c1cccc2c(N)n[nH]c12. The molecule has 0 unspecified atom stereocenters. The highest BCUT2D eigenvalue weighted by atomic mass is 19.4. The van der Waals surface area contributed by atoms with Crippen LogP contribution in [0, 0.1) is 23.5 Å². The third-order valence-electron chi connectivity index (χ3n) is 8.32. The average Bonchev–Trinajstić information content (AvgIpc) is 3.67. The average molecular weight is 714 g/mol. The summed E-state index contributed by atoms with van der Waals surface area (Å²) < 4.78 is 101. The molecule has 3 aromatic heterocycles. The Morgan fingerprint density at radius 2 is 1.84 bits per heavy atom. The number of benzene rings is 2. The molecule has 0 radical (unpaired) electrons. The lowest BCUT2D eigenvalue weighted by Gasteiger charge is -2.23. The first-order valence-corrected chi connectivity index (χ1v) is 15.6. The van der Waals surface area contributed by atoms with Crippen molar-refractivity contribution in [2.24, 2.45) is 0 Å². The highest BCUT2D eigenvalue weighted by Crippen LogP contribution is 2.52. The van der Waals surface area contributed by atoms with Gasteiger partial charge in [0.15, 0.2) is 11.5 Å². The Bertz CT molecular complexity index is 2210. The van der Waals surface area contributed by atoms with E-state index in [9.17, 15) is 31.9 Å². The van der Waals surface area contributed by atoms with E-state index in [0.29, 0.717) is 32.8 Å². The van der Waals surface area contributed by atoms with Crippen LogP contribution in [0.2, 0.25) is 0 Å². The first-order chi connectivity index (χ1) is 23.8. The molecule has 6 rings (SSSR count). The van der Waals surface area contributed by atoms with Crippen molar-refractivity contribution in [1.82, 2.24) is 30.3 Å². The summed E-state index contributed by atoms with van der Waals surface area (Å²) in [7, 11) is 0. The van der Waals surface area contributed by atoms with E-state index in [1.165, 1.54) is 26.8 Å². The Labute approximate surface area is 286 Å². The number of aromatic amines is 1. The van der Waals surface area contributed by atoms with E-state index in [4.69, 9.17) is 5.73 Å². The number of carbonyl (C=O) groups is 1. The Morgan fingerprint density at radius 1 is 1.14 bits per heavy atom. The van der Waals surface area contributed by atoms with Gasteiger partial charge >= 0.3 is 6.18 Å². The van der Waals surface area contributed by atoms with Gasteiger partial charge in [-0.1, -0.05) is 25.0 Å². The molecular weight excluding hydrogens is 683 g/mol. The normalized spacial score (nSPS) is 16.1. The highest BCUT2D eigenvalue weighted by molar-refractivity contribution is 5.99. The van der Waals surface area contributed by atoms with Gasteiger partial charge in [0.05, 0.1) is 17.3 Å². The summed E-state index contributed by atoms with van der Waals surface area (Å²) in [5.41, 5.74) is 2.99. The van der Waals surface area contributed by atoms with Crippen LogP contribution in [0.1, 0.15) is 73.1 Å². The van der Waals surface area contributed by atoms with Gasteiger partial charge < -0.3 is 16.2 Å². The van der Waals surface area contributed by atoms with Crippen LogP contribution < -0.4 is 11.1 Å². The molecule has 0 spiro atoms. The fraction of sp³-hybridized carbons (Fsp3) is 0.314. The van der Waals surface area contributed by atoms with Gasteiger partial charge in [-0.05, 0) is 68.0 Å². The lowest BCUT2D eigenvalue weighted by Crippen LogP contribution is -2.35. The lowest BCUT2D eigenvalue weighted by atomic mass is 9.93. The van der Waals surface area contributed by atoms with Crippen molar-refractivity contribution in [3.05, 3.63) is 94.1 Å². The fourth-order valence-corrected chi connectivity index (χ4v) is 6.33. The summed E-state index contributed by atoms with van der Waals surface area (Å²) in [6.07, 6.45) is -6.28. The largest absolute Gasteiger partial charge is 0.435 e. The maximum absolute atomic E-state index is 15.1. The summed E-state index contributed by atoms with van der Waals surface area (Å²) in [5, 5.41) is 23.7. The number of nitrogen functional groups attached to an aromatic ring is 1. The molecule has 0 aliphatic heterocycles. The van der Waals surface area contributed by atoms with Gasteiger partial charge in [0.1, 0.15) is 35.2 Å². The molecular formula is C35H30F7N7O2. The second kappa shape index (κ2) is 12.7. The van der Waals surface area contributed by atoms with Crippen LogP contribution in [0.15, 0.2) is 48.5 Å². The number of aliphatic hydroxyl groups is 1. The number of nitrogens with two attached hydrogens (primary N) is 1. The first-order valence-electron chi connectivity index (χ1n) is 15.6. The third kappa shape index (κ3) is 7.25. The number of carbonyl (C=O) groups excluding carboxylic acids is 1. The van der Waals surface area contributed by atoms with Crippen LogP contribution in [-0.4, -0.2) is 41.6 Å². The molecule has 1 aliphatic rings. The molecule has 9 nitrogen and oxygen atoms in total. The number of pyridine rings is 1. The number of alkyl halides is 5. The molecule has 16 heteroatoms. The minimum Gasteiger partial charge on any atom is -0.382 e. The third-order valence-corrected chi connectivity index (χ3v) is 8.32. The monoisotopic (exact) mass is 713 g/mol. The van der Waals surface area contributed by atoms with E-state index in [0.717, 1.165) is 12.1 Å². The number of aromatic nitrogens is 5. The number of anilines is 1. The van der Waals surface area contributed by atoms with E-state index >= 15 is 8.78 Å². The van der Waals surface area contributed by atoms with E-state index < -0.39 is 77.1 Å². The second-order valence-electron chi connectivity index (χ2n) is 13.0. The summed E-state index contributed by atoms with van der Waals surface area (Å²) in [5.74, 6) is -2.21. The number of rotatable bonds is 7. The molecule has 1 aliphatic carbocycles. The Morgan fingerprint density at radius 3 is 2.51 bits per heavy atom. The standard InChI is InChI=1S/C35H30F7N7O2/c1-17-15-34(38,39)31-27(17)30(35(40,41)42)48-49(31)16-26(50)45-25(13-18-11-19(36)14-20(37)12-18)29-23(8-7-21(44-29)9-10-33(2,3)51)22-5-4-6-24-28(22)46-47-32(24)43/h4-8,11-12,14,17,25,51H,13,15-16H2,1-3H3,(H,45,50)(H3,43,46,47)/t17-,25-/m0/s1. The topological polar surface area (TPSA) is 135 Å². The van der Waals surface area contributed by atoms with E-state index in [2.05, 4.69) is 37.4 Å². The number of para-hydroxylation sites is 1. The molecule has 0 fully saturated rings. The molecule has 2 atom stereocenters. The predicted octanol–water partition coefficient (Wildman–Crippen LogP) is 6.52. The summed E-state index contributed by atoms with van der Waals surface area (Å²) in [6, 6.07) is 9.63. The Balaban J connectivity index is 1.49. The number of amides is 1. The van der Waals surface area contributed by atoms with Gasteiger partial charge in [0.25, 0.3) is 5.92 Å². The quantitative estimate of drug-likeness (QED) is 0.112. The van der Waals surface area contributed by atoms with Crippen LogP contribution in [-0.2, 0) is 29.9 Å². The zero-order chi connectivity index (χ0) is 37.0. The molecule has 266 valence electrons. The molecule has 2 aromatic carbocycles. The van der Waals surface area contributed by atoms with Crippen molar-refractivity contribution >= 4 is 22.6 Å². The maximum atomic E-state index is 15.1. The van der Waals surface area contributed by atoms with Crippen molar-refractivity contribution < 1.29 is 40.6 Å². The fourth-order valence-electron chi connectivity index (χ4n) is 6.33. The molecule has 3 heterocycles. The molecule has 1 amide bonds. The van der Waals surface area contributed by atoms with Crippen LogP contribution in [0.5, 0.6) is 0 Å². The molecule has 5 N–H and O–H groups in total. The Hall–Kier alpha value is -5.43. The number of fused-ring (bicyclic) bond motifs is 2. The van der Waals surface area contributed by atoms with Gasteiger partial charge in [-0.25, -0.2) is 13.8 Å². The maximum Gasteiger partial charge on any atom is 0.435 e. The molecule has 0 bridgehead atoms. The number of halogens is 7. The number of H-pyrrole nitrogens is 1.